The van der Waals surface area contributed by atoms with Gasteiger partial charge < -0.3 is 70.0 Å². The predicted molar refractivity (Wildman–Crippen MR) is 103 cm³/mol. The average molecular weight is 494 g/mol. The van der Waals surface area contributed by atoms with Crippen molar-refractivity contribution >= 4 is 5.97 Å². The van der Waals surface area contributed by atoms with Crippen LogP contribution in [0.5, 0.6) is 17.2 Å². The van der Waals surface area contributed by atoms with E-state index < -0.39 is 97.8 Å². The van der Waals surface area contributed by atoms with Crippen LogP contribution < -0.4 is 0 Å². The Labute approximate surface area is 191 Å². The van der Waals surface area contributed by atoms with Crippen molar-refractivity contribution in [2.24, 2.45) is 0 Å². The molecule has 0 unspecified atom stereocenters. The molecule has 15 nitrogen and oxygen atoms in total. The molecule has 10 N–H and O–H groups in total. The van der Waals surface area contributed by atoms with Gasteiger partial charge in [0.15, 0.2) is 23.5 Å². The number of carbonyl (C=O) groups is 1. The lowest BCUT2D eigenvalue weighted by molar-refractivity contribution is -0.383. The fraction of sp³-hybridized carbons (Fsp3) is 0.632. The van der Waals surface area contributed by atoms with Crippen molar-refractivity contribution in [1.82, 2.24) is 0 Å². The molecule has 0 amide bonds. The number of carbonyl (C=O) groups excluding carboxylic acids is 1. The van der Waals surface area contributed by atoms with E-state index in [-0.39, 0.29) is 5.56 Å². The number of aliphatic hydroxyl groups is 7. The Bertz CT molecular complexity index is 856. The molecule has 15 heteroatoms. The van der Waals surface area contributed by atoms with Crippen LogP contribution in [0.2, 0.25) is 0 Å². The number of esters is 1. The van der Waals surface area contributed by atoms with E-state index in [1.165, 1.54) is 0 Å². The molecule has 0 bridgehead atoms. The molecule has 2 saturated heterocycles. The monoisotopic (exact) mass is 494 g/mol. The summed E-state index contributed by atoms with van der Waals surface area (Å²) in [5.41, 5.74) is -0.378. The minimum atomic E-state index is -2.37. The molecular weight excluding hydrogens is 468 g/mol. The smallest absolute Gasteiger partial charge is 0.338 e. The van der Waals surface area contributed by atoms with Crippen molar-refractivity contribution in [1.29, 1.82) is 0 Å². The van der Waals surface area contributed by atoms with Gasteiger partial charge in [0.05, 0.1) is 12.2 Å². The lowest BCUT2D eigenvalue weighted by Crippen LogP contribution is -2.62. The van der Waals surface area contributed by atoms with E-state index in [4.69, 9.17) is 18.9 Å². The first-order chi connectivity index (χ1) is 16.0. The molecule has 2 aliphatic heterocycles. The van der Waals surface area contributed by atoms with Crippen LogP contribution in [0.25, 0.3) is 0 Å². The molecule has 9 atom stereocenters. The van der Waals surface area contributed by atoms with E-state index in [2.05, 4.69) is 0 Å². The van der Waals surface area contributed by atoms with E-state index in [9.17, 15) is 55.9 Å². The van der Waals surface area contributed by atoms with E-state index in [0.29, 0.717) is 0 Å². The van der Waals surface area contributed by atoms with Crippen LogP contribution in [0.15, 0.2) is 12.1 Å². The first kappa shape index (κ1) is 26.3. The van der Waals surface area contributed by atoms with Crippen LogP contribution >= 0.6 is 0 Å². The van der Waals surface area contributed by atoms with E-state index in [1.807, 2.05) is 0 Å². The first-order valence-electron chi connectivity index (χ1n) is 10.0. The third-order valence-corrected chi connectivity index (χ3v) is 5.57. The highest BCUT2D eigenvalue weighted by Crippen LogP contribution is 2.37. The molecule has 2 heterocycles. The summed E-state index contributed by atoms with van der Waals surface area (Å²) in [5, 5.41) is 98.1. The Kier molecular flexibility index (Phi) is 7.83. The maximum absolute atomic E-state index is 12.2. The van der Waals surface area contributed by atoms with Crippen LogP contribution in [0.1, 0.15) is 10.4 Å². The van der Waals surface area contributed by atoms with Crippen molar-refractivity contribution in [2.45, 2.75) is 54.8 Å². The van der Waals surface area contributed by atoms with Gasteiger partial charge in [-0.2, -0.15) is 0 Å². The molecule has 0 radical (unpaired) electrons. The van der Waals surface area contributed by atoms with Gasteiger partial charge in [-0.25, -0.2) is 4.79 Å². The molecular formula is C19H26O15. The van der Waals surface area contributed by atoms with E-state index >= 15 is 0 Å². The van der Waals surface area contributed by atoms with Gasteiger partial charge in [0.1, 0.15) is 55.9 Å². The molecule has 192 valence electrons. The molecule has 3 rings (SSSR count). The van der Waals surface area contributed by atoms with Crippen LogP contribution in [0.3, 0.4) is 0 Å². The molecule has 2 fully saturated rings. The Hall–Kier alpha value is -2.31. The minimum absolute atomic E-state index is 0.378. The van der Waals surface area contributed by atoms with Crippen LogP contribution in [-0.2, 0) is 18.9 Å². The van der Waals surface area contributed by atoms with Gasteiger partial charge in [0, 0.05) is 0 Å². The summed E-state index contributed by atoms with van der Waals surface area (Å²) < 4.78 is 20.8. The Balaban J connectivity index is 1.72. The van der Waals surface area contributed by atoms with Crippen molar-refractivity contribution in [2.75, 3.05) is 19.8 Å². The van der Waals surface area contributed by atoms with E-state index in [0.717, 1.165) is 12.1 Å². The second kappa shape index (κ2) is 10.1. The largest absolute Gasteiger partial charge is 0.504 e. The minimum Gasteiger partial charge on any atom is -0.504 e. The van der Waals surface area contributed by atoms with Crippen molar-refractivity contribution in [3.8, 4) is 17.2 Å². The zero-order chi connectivity index (χ0) is 25.4. The molecule has 0 saturated carbocycles. The molecule has 1 aromatic carbocycles. The molecule has 0 aliphatic carbocycles. The number of aromatic hydroxyl groups is 3. The fourth-order valence-electron chi connectivity index (χ4n) is 3.58. The van der Waals surface area contributed by atoms with Gasteiger partial charge in [-0.05, 0) is 12.1 Å². The van der Waals surface area contributed by atoms with E-state index in [1.54, 1.807) is 0 Å². The van der Waals surface area contributed by atoms with Crippen LogP contribution in [0.4, 0.5) is 0 Å². The quantitative estimate of drug-likeness (QED) is 0.127. The highest BCUT2D eigenvalue weighted by molar-refractivity contribution is 5.91. The molecule has 1 aromatic rings. The standard InChI is InChI=1S/C19H26O15/c20-3-9-13(26)16(29)19(5-21,33-9)34-18-15(28)14(27)12(25)10(32-18)4-31-17(30)6-1-7(22)11(24)8(23)2-6/h1-2,9-10,12-16,18,20-29H,3-5H2/t9-,10-,12-,13-,14+,15-,16+,18-,19+/m1/s1. The number of aliphatic hydroxyl groups excluding tert-OH is 7. The van der Waals surface area contributed by atoms with Gasteiger partial charge in [0.25, 0.3) is 0 Å². The van der Waals surface area contributed by atoms with Gasteiger partial charge in [0.2, 0.25) is 5.79 Å². The van der Waals surface area contributed by atoms with Gasteiger partial charge in [-0.3, -0.25) is 0 Å². The second-order valence-corrected chi connectivity index (χ2v) is 7.84. The zero-order valence-electron chi connectivity index (χ0n) is 17.4. The summed E-state index contributed by atoms with van der Waals surface area (Å²) in [4.78, 5) is 12.2. The summed E-state index contributed by atoms with van der Waals surface area (Å²) in [6.45, 7) is -2.57. The summed E-state index contributed by atoms with van der Waals surface area (Å²) in [5.74, 6) is -5.97. The Morgan fingerprint density at radius 3 is 2.06 bits per heavy atom. The molecule has 0 spiro atoms. The average Bonchev–Trinajstić information content (AvgIpc) is 3.06. The first-order valence-corrected chi connectivity index (χ1v) is 10.0. The number of benzene rings is 1. The highest BCUT2D eigenvalue weighted by Gasteiger charge is 2.58. The SMILES string of the molecule is O=C(OC[C@H]1O[C@H](O[C@]2(CO)O[C@H](CO)[C@@H](O)[C@@H]2O)[C@H](O)[C@@H](O)[C@@H]1O)c1cc(O)c(O)c(O)c1. The number of rotatable bonds is 7. The number of hydrogen-bond donors (Lipinski definition) is 10. The maximum atomic E-state index is 12.2. The number of ether oxygens (including phenoxy) is 4. The Morgan fingerprint density at radius 1 is 0.912 bits per heavy atom. The third-order valence-electron chi connectivity index (χ3n) is 5.57. The second-order valence-electron chi connectivity index (χ2n) is 7.84. The van der Waals surface area contributed by atoms with Gasteiger partial charge in [-0.1, -0.05) is 0 Å². The molecule has 0 aromatic heterocycles. The zero-order valence-corrected chi connectivity index (χ0v) is 17.4. The van der Waals surface area contributed by atoms with Crippen molar-refractivity contribution in [3.63, 3.8) is 0 Å². The molecule has 2 aliphatic rings. The Morgan fingerprint density at radius 2 is 1.53 bits per heavy atom. The molecule has 34 heavy (non-hydrogen) atoms. The maximum Gasteiger partial charge on any atom is 0.338 e. The number of phenolic OH excluding ortho intramolecular Hbond substituents is 3. The topological polar surface area (TPSA) is 256 Å². The number of phenols is 3. The summed E-state index contributed by atoms with van der Waals surface area (Å²) in [6, 6.07) is 1.60. The summed E-state index contributed by atoms with van der Waals surface area (Å²) in [7, 11) is 0. The van der Waals surface area contributed by atoms with Crippen molar-refractivity contribution < 1.29 is 74.8 Å². The summed E-state index contributed by atoms with van der Waals surface area (Å²) in [6.07, 6.45) is -14.0. The van der Waals surface area contributed by atoms with Gasteiger partial charge in [-0.15, -0.1) is 0 Å². The lowest BCUT2D eigenvalue weighted by atomic mass is 9.99. The number of hydrogen-bond acceptors (Lipinski definition) is 15. The van der Waals surface area contributed by atoms with Crippen LogP contribution in [-0.4, -0.2) is 132 Å². The fourth-order valence-corrected chi connectivity index (χ4v) is 3.58. The van der Waals surface area contributed by atoms with Gasteiger partial charge >= 0.3 is 5.97 Å². The normalized spacial score (nSPS) is 38.1. The van der Waals surface area contributed by atoms with Crippen LogP contribution in [0, 0.1) is 0 Å². The predicted octanol–water partition coefficient (Wildman–Crippen LogP) is -4.41. The lowest BCUT2D eigenvalue weighted by Gasteiger charge is -2.43. The third kappa shape index (κ3) is 4.76. The summed E-state index contributed by atoms with van der Waals surface area (Å²) >= 11 is 0. The highest BCUT2D eigenvalue weighted by atomic mass is 16.8. The van der Waals surface area contributed by atoms with Crippen molar-refractivity contribution in [3.05, 3.63) is 17.7 Å².